The van der Waals surface area contributed by atoms with Crippen molar-refractivity contribution >= 4 is 47.0 Å². The second-order valence-electron chi connectivity index (χ2n) is 20.2. The molecule has 8 heteroatoms. The van der Waals surface area contributed by atoms with Crippen LogP contribution in [0.5, 0.6) is 0 Å². The quantitative estimate of drug-likeness (QED) is 0.0338. The average Bonchev–Trinajstić information content (AvgIpc) is 3.39. The van der Waals surface area contributed by atoms with Gasteiger partial charge in [-0.2, -0.15) is 47.0 Å². The van der Waals surface area contributed by atoms with Gasteiger partial charge in [0, 0.05) is 46.0 Å². The van der Waals surface area contributed by atoms with Crippen LogP contribution in [-0.4, -0.2) is 147 Å². The number of nitrogens with zero attached hydrogens (tertiary/aromatic N) is 4. The van der Waals surface area contributed by atoms with Gasteiger partial charge in [0.15, 0.2) is 0 Å². The van der Waals surface area contributed by atoms with E-state index in [1.165, 1.54) is 176 Å². The molecule has 0 saturated heterocycles. The average molecular weight is 1040 g/mol. The Labute approximate surface area is 452 Å². The van der Waals surface area contributed by atoms with Crippen molar-refractivity contribution in [1.29, 1.82) is 0 Å². The first-order chi connectivity index (χ1) is 33.9. The van der Waals surface area contributed by atoms with Crippen LogP contribution in [0.4, 0.5) is 0 Å². The Morgan fingerprint density at radius 3 is 0.786 bits per heavy atom. The molecule has 4 aromatic carbocycles. The molecule has 0 aliphatic heterocycles. The van der Waals surface area contributed by atoms with Crippen molar-refractivity contribution in [3.63, 3.8) is 0 Å². The van der Waals surface area contributed by atoms with Gasteiger partial charge in [0.25, 0.3) is 0 Å². The largest absolute Gasteiger partial charge is 0.330 e. The van der Waals surface area contributed by atoms with Crippen LogP contribution < -0.4 is 0 Å². The van der Waals surface area contributed by atoms with Gasteiger partial charge in [-0.15, -0.1) is 0 Å². The maximum absolute atomic E-state index is 2.37. The SMILES string of the molecule is CCCC[N+](CC)(CCC)CCSCc1ccccc1.CCC[N+](CC)(CCC)CCSCc1ccccc1.CC[N+](CC)(CC)CCSCc1ccccc1.C[N+](C)(C)CCSCc1ccccc1. The van der Waals surface area contributed by atoms with Gasteiger partial charge in [-0.3, -0.25) is 0 Å². The molecule has 4 rings (SSSR count). The fraction of sp³-hybridized carbons (Fsp3) is 0.613. The summed E-state index contributed by atoms with van der Waals surface area (Å²) in [6, 6.07) is 43.1. The topological polar surface area (TPSA) is 0 Å². The molecule has 1 unspecified atom stereocenters. The van der Waals surface area contributed by atoms with E-state index in [-0.39, 0.29) is 0 Å². The molecule has 0 amide bonds. The van der Waals surface area contributed by atoms with Crippen LogP contribution in [0, 0.1) is 0 Å². The third kappa shape index (κ3) is 31.7. The molecular formula is C62H108N4S4+4. The van der Waals surface area contributed by atoms with Crippen molar-refractivity contribution < 1.29 is 17.9 Å². The normalized spacial score (nSPS) is 12.4. The lowest BCUT2D eigenvalue weighted by molar-refractivity contribution is -0.924. The summed E-state index contributed by atoms with van der Waals surface area (Å²) >= 11 is 8.26. The van der Waals surface area contributed by atoms with Crippen LogP contribution in [0.1, 0.15) is 117 Å². The zero-order valence-corrected chi connectivity index (χ0v) is 50.6. The minimum atomic E-state index is 1.06. The number of hydrogen-bond acceptors (Lipinski definition) is 4. The first-order valence-electron chi connectivity index (χ1n) is 27.7. The molecule has 1 atom stereocenters. The Kier molecular flexibility index (Phi) is 39.2. The number of quaternary nitrogens is 4. The Hall–Kier alpha value is -1.88. The van der Waals surface area contributed by atoms with E-state index < -0.39 is 0 Å². The van der Waals surface area contributed by atoms with Gasteiger partial charge in [-0.1, -0.05) is 155 Å². The molecule has 0 fully saturated rings. The van der Waals surface area contributed by atoms with Crippen molar-refractivity contribution in [3.8, 4) is 0 Å². The Balaban J connectivity index is 0.000000470. The summed E-state index contributed by atoms with van der Waals surface area (Å²) < 4.78 is 4.96. The van der Waals surface area contributed by atoms with Gasteiger partial charge in [0.1, 0.15) is 0 Å². The van der Waals surface area contributed by atoms with Gasteiger partial charge < -0.3 is 17.9 Å². The van der Waals surface area contributed by atoms with Gasteiger partial charge in [-0.05, 0) is 82.6 Å². The van der Waals surface area contributed by atoms with E-state index in [2.05, 4.69) is 240 Å². The first kappa shape index (κ1) is 66.1. The molecule has 0 saturated carbocycles. The van der Waals surface area contributed by atoms with Crippen molar-refractivity contribution in [2.24, 2.45) is 0 Å². The molecule has 70 heavy (non-hydrogen) atoms. The molecule has 0 aliphatic carbocycles. The van der Waals surface area contributed by atoms with E-state index in [4.69, 9.17) is 0 Å². The van der Waals surface area contributed by atoms with E-state index in [0.29, 0.717) is 0 Å². The Bertz CT molecular complexity index is 1710. The molecular weight excluding hydrogens is 929 g/mol. The smallest absolute Gasteiger partial charge is 0.0878 e. The molecule has 0 aliphatic rings. The van der Waals surface area contributed by atoms with Crippen molar-refractivity contribution in [2.45, 2.75) is 117 Å². The maximum atomic E-state index is 2.37. The summed E-state index contributed by atoms with van der Waals surface area (Å²) in [6.45, 7) is 37.9. The molecule has 4 aromatic rings. The summed E-state index contributed by atoms with van der Waals surface area (Å²) in [5.41, 5.74) is 5.78. The van der Waals surface area contributed by atoms with E-state index in [9.17, 15) is 0 Å². The molecule has 396 valence electrons. The summed E-state index contributed by atoms with van der Waals surface area (Å²) in [5, 5.41) is 0. The van der Waals surface area contributed by atoms with Crippen molar-refractivity contribution in [2.75, 3.05) is 129 Å². The number of rotatable bonds is 34. The van der Waals surface area contributed by atoms with E-state index in [0.717, 1.165) is 27.5 Å². The van der Waals surface area contributed by atoms with Crippen LogP contribution in [0.3, 0.4) is 0 Å². The number of thioether (sulfide) groups is 4. The Morgan fingerprint density at radius 2 is 0.543 bits per heavy atom. The molecule has 0 aromatic heterocycles. The summed E-state index contributed by atoms with van der Waals surface area (Å²) in [5.74, 6) is 9.67. The van der Waals surface area contributed by atoms with Crippen molar-refractivity contribution in [1.82, 2.24) is 0 Å². The van der Waals surface area contributed by atoms with Crippen LogP contribution in [0.25, 0.3) is 0 Å². The highest BCUT2D eigenvalue weighted by atomic mass is 32.2. The van der Waals surface area contributed by atoms with Crippen LogP contribution >= 0.6 is 47.0 Å². The van der Waals surface area contributed by atoms with E-state index >= 15 is 0 Å². The predicted molar refractivity (Wildman–Crippen MR) is 327 cm³/mol. The third-order valence-electron chi connectivity index (χ3n) is 13.9. The molecule has 4 nitrogen and oxygen atoms in total. The zero-order chi connectivity index (χ0) is 51.7. The monoisotopic (exact) mass is 1040 g/mol. The molecule has 0 heterocycles. The first-order valence-corrected chi connectivity index (χ1v) is 32.3. The van der Waals surface area contributed by atoms with Gasteiger partial charge in [0.2, 0.25) is 0 Å². The van der Waals surface area contributed by atoms with Crippen LogP contribution in [0.2, 0.25) is 0 Å². The minimum absolute atomic E-state index is 1.06. The molecule has 0 spiro atoms. The third-order valence-corrected chi connectivity index (χ3v) is 18.0. The molecule has 0 N–H and O–H groups in total. The summed E-state index contributed by atoms with van der Waals surface area (Å²) in [7, 11) is 6.72. The highest BCUT2D eigenvalue weighted by Gasteiger charge is 2.24. The molecule has 0 radical (unpaired) electrons. The highest BCUT2D eigenvalue weighted by Crippen LogP contribution is 2.19. The summed E-state index contributed by atoms with van der Waals surface area (Å²) in [4.78, 5) is 0. The lowest BCUT2D eigenvalue weighted by Crippen LogP contribution is -2.50. The van der Waals surface area contributed by atoms with Gasteiger partial charge in [-0.25, -0.2) is 0 Å². The number of benzene rings is 4. The fourth-order valence-electron chi connectivity index (χ4n) is 8.85. The number of unbranched alkanes of at least 4 members (excludes halogenated alkanes) is 1. The van der Waals surface area contributed by atoms with Gasteiger partial charge in [0.05, 0.1) is 106 Å². The summed E-state index contributed by atoms with van der Waals surface area (Å²) in [6.07, 6.45) is 6.60. The molecule has 0 bridgehead atoms. The minimum Gasteiger partial charge on any atom is -0.330 e. The van der Waals surface area contributed by atoms with E-state index in [1.54, 1.807) is 0 Å². The lowest BCUT2D eigenvalue weighted by Gasteiger charge is -2.38. The van der Waals surface area contributed by atoms with E-state index in [1.807, 2.05) is 11.8 Å². The fourth-order valence-corrected chi connectivity index (χ4v) is 13.4. The standard InChI is InChI=1S/C18H32NS.C17H30NS.C15H26NS.C12H20NS/c1-4-7-14-19(6-3,13-5-2)15-16-20-17-18-11-9-8-10-12-18;1-4-12-18(6-3,13-5-2)14-15-19-16-17-10-8-7-9-11-17;1-4-16(5-2,6-3)12-13-17-14-15-10-8-7-9-11-15;1-13(2,3)9-10-14-11-12-7-5-4-6-8-12/h8-12H,4-7,13-17H2,1-3H3;7-11H,4-6,12-16H2,1-3H3;7-11H,4-6,12-14H2,1-3H3;4-8H,9-11H2,1-3H3/q4*+1. The van der Waals surface area contributed by atoms with Crippen molar-refractivity contribution in [3.05, 3.63) is 144 Å². The predicted octanol–water partition coefficient (Wildman–Crippen LogP) is 16.0. The lowest BCUT2D eigenvalue weighted by atomic mass is 10.2. The second kappa shape index (κ2) is 41.5. The van der Waals surface area contributed by atoms with Gasteiger partial charge >= 0.3 is 0 Å². The second-order valence-corrected chi connectivity index (χ2v) is 24.6. The maximum Gasteiger partial charge on any atom is 0.0878 e. The highest BCUT2D eigenvalue weighted by molar-refractivity contribution is 7.99. The van der Waals surface area contributed by atoms with Crippen LogP contribution in [0.15, 0.2) is 121 Å². The zero-order valence-electron chi connectivity index (χ0n) is 47.4. The number of hydrogen-bond donors (Lipinski definition) is 0. The Morgan fingerprint density at radius 1 is 0.286 bits per heavy atom. The van der Waals surface area contributed by atoms with Crippen LogP contribution in [-0.2, 0) is 23.0 Å².